The van der Waals surface area contributed by atoms with Gasteiger partial charge in [0.05, 0.1) is 6.20 Å². The van der Waals surface area contributed by atoms with E-state index >= 15 is 0 Å². The molecule has 0 saturated carbocycles. The summed E-state index contributed by atoms with van der Waals surface area (Å²) in [7, 11) is 0. The SMILES string of the molecule is CCCNCc1cnn(C(C)CC)c1CC. The summed E-state index contributed by atoms with van der Waals surface area (Å²) in [5.74, 6) is 0. The first-order valence-electron chi connectivity index (χ1n) is 6.50. The number of rotatable bonds is 7. The van der Waals surface area contributed by atoms with Crippen LogP contribution in [0.15, 0.2) is 6.20 Å². The highest BCUT2D eigenvalue weighted by Gasteiger charge is 2.12. The van der Waals surface area contributed by atoms with Gasteiger partial charge in [0.1, 0.15) is 0 Å². The molecule has 1 aromatic heterocycles. The Morgan fingerprint density at radius 1 is 1.38 bits per heavy atom. The van der Waals surface area contributed by atoms with Gasteiger partial charge in [-0.15, -0.1) is 0 Å². The average molecular weight is 223 g/mol. The molecule has 0 aliphatic heterocycles. The molecule has 92 valence electrons. The zero-order valence-corrected chi connectivity index (χ0v) is 11.1. The minimum atomic E-state index is 0.509. The van der Waals surface area contributed by atoms with Gasteiger partial charge in [0.25, 0.3) is 0 Å². The topological polar surface area (TPSA) is 29.9 Å². The van der Waals surface area contributed by atoms with Crippen molar-refractivity contribution in [1.82, 2.24) is 15.1 Å². The summed E-state index contributed by atoms with van der Waals surface area (Å²) in [6.07, 6.45) is 5.40. The third kappa shape index (κ3) is 3.08. The zero-order chi connectivity index (χ0) is 12.0. The number of nitrogens with zero attached hydrogens (tertiary/aromatic N) is 2. The van der Waals surface area contributed by atoms with E-state index in [1.807, 2.05) is 6.20 Å². The molecule has 0 amide bonds. The second-order valence-corrected chi connectivity index (χ2v) is 4.35. The largest absolute Gasteiger partial charge is 0.313 e. The lowest BCUT2D eigenvalue weighted by Gasteiger charge is -2.14. The van der Waals surface area contributed by atoms with Crippen molar-refractivity contribution in [3.05, 3.63) is 17.5 Å². The van der Waals surface area contributed by atoms with E-state index in [9.17, 15) is 0 Å². The van der Waals surface area contributed by atoms with Crippen LogP contribution in [0, 0.1) is 0 Å². The molecule has 1 heterocycles. The van der Waals surface area contributed by atoms with Gasteiger partial charge in [-0.05, 0) is 32.7 Å². The van der Waals surface area contributed by atoms with E-state index in [4.69, 9.17) is 0 Å². The predicted octanol–water partition coefficient (Wildman–Crippen LogP) is 2.92. The molecule has 1 aromatic rings. The van der Waals surface area contributed by atoms with Crippen LogP contribution in [-0.2, 0) is 13.0 Å². The minimum absolute atomic E-state index is 0.509. The fourth-order valence-corrected chi connectivity index (χ4v) is 1.91. The van der Waals surface area contributed by atoms with Crippen LogP contribution in [0.25, 0.3) is 0 Å². The van der Waals surface area contributed by atoms with Crippen molar-refractivity contribution in [2.24, 2.45) is 0 Å². The molecule has 1 atom stereocenters. The number of hydrogen-bond donors (Lipinski definition) is 1. The maximum Gasteiger partial charge on any atom is 0.0537 e. The first-order chi connectivity index (χ1) is 7.74. The Labute approximate surface area is 99.2 Å². The van der Waals surface area contributed by atoms with E-state index < -0.39 is 0 Å². The van der Waals surface area contributed by atoms with Gasteiger partial charge in [0, 0.05) is 23.8 Å². The second-order valence-electron chi connectivity index (χ2n) is 4.35. The van der Waals surface area contributed by atoms with E-state index in [1.54, 1.807) is 0 Å². The molecule has 1 rings (SSSR count). The lowest BCUT2D eigenvalue weighted by atomic mass is 10.2. The van der Waals surface area contributed by atoms with Crippen molar-refractivity contribution >= 4 is 0 Å². The quantitative estimate of drug-likeness (QED) is 0.720. The van der Waals surface area contributed by atoms with Crippen molar-refractivity contribution < 1.29 is 0 Å². The van der Waals surface area contributed by atoms with Crippen LogP contribution < -0.4 is 5.32 Å². The third-order valence-corrected chi connectivity index (χ3v) is 3.07. The first kappa shape index (κ1) is 13.2. The Morgan fingerprint density at radius 3 is 2.69 bits per heavy atom. The molecular weight excluding hydrogens is 198 g/mol. The number of nitrogens with one attached hydrogen (secondary N) is 1. The summed E-state index contributed by atoms with van der Waals surface area (Å²) in [6.45, 7) is 10.9. The molecule has 1 unspecified atom stereocenters. The van der Waals surface area contributed by atoms with Crippen molar-refractivity contribution in [2.45, 2.75) is 59.5 Å². The molecule has 3 nitrogen and oxygen atoms in total. The van der Waals surface area contributed by atoms with Gasteiger partial charge in [-0.2, -0.15) is 5.10 Å². The highest BCUT2D eigenvalue weighted by Crippen LogP contribution is 2.17. The molecule has 0 spiro atoms. The minimum Gasteiger partial charge on any atom is -0.313 e. The Kier molecular flexibility index (Phi) is 5.53. The van der Waals surface area contributed by atoms with Gasteiger partial charge in [-0.3, -0.25) is 4.68 Å². The molecule has 0 aliphatic carbocycles. The molecule has 0 saturated heterocycles. The third-order valence-electron chi connectivity index (χ3n) is 3.07. The van der Waals surface area contributed by atoms with Gasteiger partial charge in [-0.1, -0.05) is 20.8 Å². The monoisotopic (exact) mass is 223 g/mol. The van der Waals surface area contributed by atoms with Crippen LogP contribution >= 0.6 is 0 Å². The van der Waals surface area contributed by atoms with Crippen molar-refractivity contribution in [2.75, 3.05) is 6.54 Å². The van der Waals surface area contributed by atoms with Gasteiger partial charge in [0.2, 0.25) is 0 Å². The number of aromatic nitrogens is 2. The zero-order valence-electron chi connectivity index (χ0n) is 11.1. The molecular formula is C13H25N3. The summed E-state index contributed by atoms with van der Waals surface area (Å²) in [5.41, 5.74) is 2.74. The van der Waals surface area contributed by atoms with Crippen LogP contribution in [0.3, 0.4) is 0 Å². The number of hydrogen-bond acceptors (Lipinski definition) is 2. The van der Waals surface area contributed by atoms with E-state index in [2.05, 4.69) is 42.8 Å². The average Bonchev–Trinajstić information content (AvgIpc) is 2.71. The van der Waals surface area contributed by atoms with Crippen LogP contribution in [-0.4, -0.2) is 16.3 Å². The standard InChI is InChI=1S/C13H25N3/c1-5-8-14-9-12-10-15-16(11(4)6-2)13(12)7-3/h10-11,14H,5-9H2,1-4H3. The highest BCUT2D eigenvalue weighted by molar-refractivity contribution is 5.18. The molecule has 3 heteroatoms. The van der Waals surface area contributed by atoms with Crippen LogP contribution in [0.4, 0.5) is 0 Å². The molecule has 0 aromatic carbocycles. The summed E-state index contributed by atoms with van der Waals surface area (Å²) in [5, 5.41) is 7.96. The van der Waals surface area contributed by atoms with Crippen molar-refractivity contribution in [3.8, 4) is 0 Å². The molecule has 0 bridgehead atoms. The van der Waals surface area contributed by atoms with Gasteiger partial charge < -0.3 is 5.32 Å². The van der Waals surface area contributed by atoms with Crippen LogP contribution in [0.1, 0.15) is 57.8 Å². The second kappa shape index (κ2) is 6.69. The van der Waals surface area contributed by atoms with Crippen molar-refractivity contribution in [1.29, 1.82) is 0 Å². The molecule has 0 aliphatic rings. The molecule has 16 heavy (non-hydrogen) atoms. The lowest BCUT2D eigenvalue weighted by molar-refractivity contribution is 0.460. The van der Waals surface area contributed by atoms with Crippen LogP contribution in [0.2, 0.25) is 0 Å². The van der Waals surface area contributed by atoms with E-state index in [0.29, 0.717) is 6.04 Å². The van der Waals surface area contributed by atoms with E-state index in [0.717, 1.165) is 25.9 Å². The summed E-state index contributed by atoms with van der Waals surface area (Å²) in [6, 6.07) is 0.509. The fourth-order valence-electron chi connectivity index (χ4n) is 1.91. The predicted molar refractivity (Wildman–Crippen MR) is 68.6 cm³/mol. The smallest absolute Gasteiger partial charge is 0.0537 e. The maximum atomic E-state index is 4.51. The maximum absolute atomic E-state index is 4.51. The van der Waals surface area contributed by atoms with Gasteiger partial charge >= 0.3 is 0 Å². The Balaban J connectivity index is 2.74. The summed E-state index contributed by atoms with van der Waals surface area (Å²) < 4.78 is 2.18. The fraction of sp³-hybridized carbons (Fsp3) is 0.769. The molecule has 1 N–H and O–H groups in total. The lowest BCUT2D eigenvalue weighted by Crippen LogP contribution is -2.16. The first-order valence-corrected chi connectivity index (χ1v) is 6.50. The Hall–Kier alpha value is -0.830. The highest BCUT2D eigenvalue weighted by atomic mass is 15.3. The Bertz CT molecular complexity index is 304. The van der Waals surface area contributed by atoms with E-state index in [1.165, 1.54) is 17.7 Å². The molecule has 0 radical (unpaired) electrons. The normalized spacial score (nSPS) is 13.0. The molecule has 0 fully saturated rings. The Morgan fingerprint density at radius 2 is 2.12 bits per heavy atom. The van der Waals surface area contributed by atoms with Gasteiger partial charge in [-0.25, -0.2) is 0 Å². The van der Waals surface area contributed by atoms with Crippen molar-refractivity contribution in [3.63, 3.8) is 0 Å². The van der Waals surface area contributed by atoms with Crippen LogP contribution in [0.5, 0.6) is 0 Å². The summed E-state index contributed by atoms with van der Waals surface area (Å²) in [4.78, 5) is 0. The van der Waals surface area contributed by atoms with E-state index in [-0.39, 0.29) is 0 Å². The van der Waals surface area contributed by atoms with Gasteiger partial charge in [0.15, 0.2) is 0 Å². The summed E-state index contributed by atoms with van der Waals surface area (Å²) >= 11 is 0.